The lowest BCUT2D eigenvalue weighted by Crippen LogP contribution is -2.12. The third kappa shape index (κ3) is 2.53. The van der Waals surface area contributed by atoms with Gasteiger partial charge in [-0.05, 0) is 31.1 Å². The van der Waals surface area contributed by atoms with Crippen molar-refractivity contribution in [2.24, 2.45) is 5.41 Å². The highest BCUT2D eigenvalue weighted by Crippen LogP contribution is 2.31. The first-order valence-electron chi connectivity index (χ1n) is 4.55. The Kier molecular flexibility index (Phi) is 2.92. The maximum Gasteiger partial charge on any atom is -0.0115 e. The van der Waals surface area contributed by atoms with Crippen LogP contribution in [0.3, 0.4) is 0 Å². The van der Waals surface area contributed by atoms with Gasteiger partial charge in [0.1, 0.15) is 0 Å². The van der Waals surface area contributed by atoms with Crippen LogP contribution < -0.4 is 0 Å². The molecule has 0 nitrogen and oxygen atoms in total. The summed E-state index contributed by atoms with van der Waals surface area (Å²) in [6, 6.07) is 0. The standard InChI is InChI=1S/C11H18/c1-3-11(2)9-7-5-4-6-8-10-11/h3,5,7H,1,4,6,8-10H2,2H3/b7-5-. The quantitative estimate of drug-likeness (QED) is 0.500. The second-order valence-electron chi connectivity index (χ2n) is 3.78. The largest absolute Gasteiger partial charge is 0.103 e. The van der Waals surface area contributed by atoms with Gasteiger partial charge in [-0.25, -0.2) is 0 Å². The first-order chi connectivity index (χ1) is 5.27. The highest BCUT2D eigenvalue weighted by atomic mass is 14.2. The molecule has 1 aliphatic carbocycles. The molecule has 1 atom stereocenters. The predicted octanol–water partition coefficient (Wildman–Crippen LogP) is 3.70. The average molecular weight is 150 g/mol. The second-order valence-corrected chi connectivity index (χ2v) is 3.78. The van der Waals surface area contributed by atoms with E-state index in [1.807, 2.05) is 0 Å². The van der Waals surface area contributed by atoms with Gasteiger partial charge in [0.25, 0.3) is 0 Å². The van der Waals surface area contributed by atoms with E-state index in [-0.39, 0.29) is 0 Å². The molecule has 0 N–H and O–H groups in total. The van der Waals surface area contributed by atoms with Crippen LogP contribution in [0, 0.1) is 5.41 Å². The Morgan fingerprint density at radius 2 is 2.18 bits per heavy atom. The van der Waals surface area contributed by atoms with Crippen LogP contribution in [0.25, 0.3) is 0 Å². The molecule has 0 aromatic rings. The predicted molar refractivity (Wildman–Crippen MR) is 50.5 cm³/mol. The summed E-state index contributed by atoms with van der Waals surface area (Å²) in [5.74, 6) is 0. The smallest absolute Gasteiger partial charge is 0.0115 e. The molecule has 11 heavy (non-hydrogen) atoms. The Balaban J connectivity index is 2.57. The van der Waals surface area contributed by atoms with E-state index in [9.17, 15) is 0 Å². The molecule has 0 saturated carbocycles. The molecule has 1 rings (SSSR count). The first kappa shape index (κ1) is 8.58. The molecule has 62 valence electrons. The highest BCUT2D eigenvalue weighted by molar-refractivity contribution is 4.99. The van der Waals surface area contributed by atoms with Gasteiger partial charge in [0.15, 0.2) is 0 Å². The summed E-state index contributed by atoms with van der Waals surface area (Å²) >= 11 is 0. The summed E-state index contributed by atoms with van der Waals surface area (Å²) in [6.07, 6.45) is 13.2. The normalized spacial score (nSPS) is 35.4. The molecule has 0 aromatic carbocycles. The molecule has 0 bridgehead atoms. The van der Waals surface area contributed by atoms with Crippen molar-refractivity contribution in [3.8, 4) is 0 Å². The third-order valence-electron chi connectivity index (χ3n) is 2.61. The van der Waals surface area contributed by atoms with E-state index < -0.39 is 0 Å². The lowest BCUT2D eigenvalue weighted by atomic mass is 9.80. The fraction of sp³-hybridized carbons (Fsp3) is 0.636. The van der Waals surface area contributed by atoms with Gasteiger partial charge in [-0.3, -0.25) is 0 Å². The van der Waals surface area contributed by atoms with Crippen molar-refractivity contribution in [2.45, 2.75) is 39.0 Å². The molecule has 0 saturated heterocycles. The Labute approximate surface area is 70.0 Å². The van der Waals surface area contributed by atoms with Crippen molar-refractivity contribution in [3.63, 3.8) is 0 Å². The lowest BCUT2D eigenvalue weighted by Gasteiger charge is -2.25. The lowest BCUT2D eigenvalue weighted by molar-refractivity contribution is 0.373. The monoisotopic (exact) mass is 150 g/mol. The Morgan fingerprint density at radius 1 is 1.36 bits per heavy atom. The van der Waals surface area contributed by atoms with Crippen molar-refractivity contribution in [3.05, 3.63) is 24.8 Å². The maximum absolute atomic E-state index is 3.89. The van der Waals surface area contributed by atoms with Crippen LogP contribution in [-0.2, 0) is 0 Å². The van der Waals surface area contributed by atoms with Crippen LogP contribution >= 0.6 is 0 Å². The Bertz CT molecular complexity index is 155. The van der Waals surface area contributed by atoms with E-state index in [2.05, 4.69) is 31.7 Å². The molecule has 0 heterocycles. The number of allylic oxidation sites excluding steroid dienone is 3. The SMILES string of the molecule is C=CC1(C)C/C=C\CCCC1. The van der Waals surface area contributed by atoms with Crippen LogP contribution in [0.1, 0.15) is 39.0 Å². The molecule has 1 unspecified atom stereocenters. The van der Waals surface area contributed by atoms with E-state index in [4.69, 9.17) is 0 Å². The van der Waals surface area contributed by atoms with E-state index in [0.29, 0.717) is 5.41 Å². The van der Waals surface area contributed by atoms with Crippen molar-refractivity contribution in [1.29, 1.82) is 0 Å². The van der Waals surface area contributed by atoms with Gasteiger partial charge in [-0.15, -0.1) is 6.58 Å². The summed E-state index contributed by atoms with van der Waals surface area (Å²) in [5, 5.41) is 0. The van der Waals surface area contributed by atoms with Gasteiger partial charge in [-0.2, -0.15) is 0 Å². The van der Waals surface area contributed by atoms with Crippen molar-refractivity contribution < 1.29 is 0 Å². The van der Waals surface area contributed by atoms with Crippen LogP contribution in [0.5, 0.6) is 0 Å². The summed E-state index contributed by atoms with van der Waals surface area (Å²) < 4.78 is 0. The van der Waals surface area contributed by atoms with E-state index in [1.165, 1.54) is 32.1 Å². The van der Waals surface area contributed by atoms with Gasteiger partial charge in [0, 0.05) is 0 Å². The number of hydrogen-bond donors (Lipinski definition) is 0. The number of hydrogen-bond acceptors (Lipinski definition) is 0. The highest BCUT2D eigenvalue weighted by Gasteiger charge is 2.18. The van der Waals surface area contributed by atoms with Crippen molar-refractivity contribution in [1.82, 2.24) is 0 Å². The minimum Gasteiger partial charge on any atom is -0.103 e. The van der Waals surface area contributed by atoms with Gasteiger partial charge >= 0.3 is 0 Å². The molecule has 1 aliphatic rings. The van der Waals surface area contributed by atoms with E-state index >= 15 is 0 Å². The molecular weight excluding hydrogens is 132 g/mol. The second kappa shape index (κ2) is 3.75. The molecule has 0 amide bonds. The van der Waals surface area contributed by atoms with E-state index in [0.717, 1.165) is 0 Å². The van der Waals surface area contributed by atoms with Crippen LogP contribution in [-0.4, -0.2) is 0 Å². The molecule has 0 spiro atoms. The fourth-order valence-corrected chi connectivity index (χ4v) is 1.55. The van der Waals surface area contributed by atoms with Crippen LogP contribution in [0.2, 0.25) is 0 Å². The maximum atomic E-state index is 3.89. The Morgan fingerprint density at radius 3 is 2.91 bits per heavy atom. The van der Waals surface area contributed by atoms with Crippen molar-refractivity contribution in [2.75, 3.05) is 0 Å². The average Bonchev–Trinajstić information content (AvgIpc) is 1.98. The summed E-state index contributed by atoms with van der Waals surface area (Å²) in [6.45, 7) is 6.20. The van der Waals surface area contributed by atoms with Crippen LogP contribution in [0.15, 0.2) is 24.8 Å². The zero-order valence-electron chi connectivity index (χ0n) is 7.47. The van der Waals surface area contributed by atoms with Gasteiger partial charge in [-0.1, -0.05) is 31.6 Å². The van der Waals surface area contributed by atoms with Gasteiger partial charge in [0.05, 0.1) is 0 Å². The summed E-state index contributed by atoms with van der Waals surface area (Å²) in [4.78, 5) is 0. The first-order valence-corrected chi connectivity index (χ1v) is 4.55. The third-order valence-corrected chi connectivity index (χ3v) is 2.61. The fourth-order valence-electron chi connectivity index (χ4n) is 1.55. The zero-order chi connectivity index (χ0) is 8.16. The van der Waals surface area contributed by atoms with Gasteiger partial charge < -0.3 is 0 Å². The van der Waals surface area contributed by atoms with Gasteiger partial charge in [0.2, 0.25) is 0 Å². The minimum absolute atomic E-state index is 0.372. The summed E-state index contributed by atoms with van der Waals surface area (Å²) in [7, 11) is 0. The molecule has 0 fully saturated rings. The Hall–Kier alpha value is -0.520. The topological polar surface area (TPSA) is 0 Å². The molecule has 0 aliphatic heterocycles. The van der Waals surface area contributed by atoms with Crippen molar-refractivity contribution >= 4 is 0 Å². The minimum atomic E-state index is 0.372. The summed E-state index contributed by atoms with van der Waals surface area (Å²) in [5.41, 5.74) is 0.372. The molecular formula is C11H18. The zero-order valence-corrected chi connectivity index (χ0v) is 7.47. The molecule has 0 radical (unpaired) electrons. The van der Waals surface area contributed by atoms with E-state index in [1.54, 1.807) is 0 Å². The van der Waals surface area contributed by atoms with Crippen LogP contribution in [0.4, 0.5) is 0 Å². The number of rotatable bonds is 1. The molecule has 0 aromatic heterocycles. The molecule has 0 heteroatoms.